The third-order valence-corrected chi connectivity index (χ3v) is 4.05. The van der Waals surface area contributed by atoms with E-state index in [-0.39, 0.29) is 11.9 Å². The van der Waals surface area contributed by atoms with Gasteiger partial charge in [0.1, 0.15) is 0 Å². The number of nitrogens with two attached hydrogens (primary N) is 1. The average Bonchev–Trinajstić information content (AvgIpc) is 2.86. The first-order valence-electron chi connectivity index (χ1n) is 6.57. The number of thiophene rings is 1. The SMILES string of the molecule is CC(CN)CCC(=O)NC(c1cccs1)C(C)C. The van der Waals surface area contributed by atoms with Crippen molar-refractivity contribution in [2.45, 2.75) is 39.7 Å². The van der Waals surface area contributed by atoms with Crippen molar-refractivity contribution in [3.63, 3.8) is 0 Å². The number of rotatable bonds is 7. The molecule has 0 aliphatic heterocycles. The Hall–Kier alpha value is -0.870. The summed E-state index contributed by atoms with van der Waals surface area (Å²) in [6.45, 7) is 6.98. The lowest BCUT2D eigenvalue weighted by atomic mass is 10.0. The lowest BCUT2D eigenvalue weighted by Crippen LogP contribution is -2.31. The molecule has 1 aromatic heterocycles. The lowest BCUT2D eigenvalue weighted by Gasteiger charge is -2.21. The summed E-state index contributed by atoms with van der Waals surface area (Å²) in [5, 5.41) is 5.18. The van der Waals surface area contributed by atoms with Crippen molar-refractivity contribution < 1.29 is 4.79 Å². The second-order valence-corrected chi connectivity index (χ2v) is 6.16. The molecule has 0 saturated carbocycles. The van der Waals surface area contributed by atoms with Gasteiger partial charge in [0.2, 0.25) is 5.91 Å². The Morgan fingerprint density at radius 3 is 2.67 bits per heavy atom. The van der Waals surface area contributed by atoms with Crippen molar-refractivity contribution in [2.75, 3.05) is 6.54 Å². The van der Waals surface area contributed by atoms with Gasteiger partial charge in [-0.25, -0.2) is 0 Å². The molecule has 0 fully saturated rings. The van der Waals surface area contributed by atoms with Crippen LogP contribution < -0.4 is 11.1 Å². The number of carbonyl (C=O) groups is 1. The summed E-state index contributed by atoms with van der Waals surface area (Å²) < 4.78 is 0. The second-order valence-electron chi connectivity index (χ2n) is 5.18. The zero-order valence-electron chi connectivity index (χ0n) is 11.5. The van der Waals surface area contributed by atoms with Gasteiger partial charge in [-0.2, -0.15) is 0 Å². The van der Waals surface area contributed by atoms with Gasteiger partial charge < -0.3 is 11.1 Å². The topological polar surface area (TPSA) is 55.1 Å². The van der Waals surface area contributed by atoms with Gasteiger partial charge in [-0.3, -0.25) is 4.79 Å². The molecule has 0 spiro atoms. The quantitative estimate of drug-likeness (QED) is 0.799. The van der Waals surface area contributed by atoms with E-state index in [9.17, 15) is 4.79 Å². The normalized spacial score (nSPS) is 14.5. The number of hydrogen-bond donors (Lipinski definition) is 2. The molecule has 3 nitrogen and oxygen atoms in total. The maximum absolute atomic E-state index is 11.9. The fourth-order valence-electron chi connectivity index (χ4n) is 1.78. The molecule has 1 aromatic rings. The number of carbonyl (C=O) groups excluding carboxylic acids is 1. The summed E-state index contributed by atoms with van der Waals surface area (Å²) >= 11 is 1.70. The van der Waals surface area contributed by atoms with E-state index in [4.69, 9.17) is 5.73 Å². The van der Waals surface area contributed by atoms with E-state index < -0.39 is 0 Å². The molecule has 1 rings (SSSR count). The van der Waals surface area contributed by atoms with Gasteiger partial charge >= 0.3 is 0 Å². The summed E-state index contributed by atoms with van der Waals surface area (Å²) in [5.41, 5.74) is 5.55. The molecule has 0 bridgehead atoms. The zero-order chi connectivity index (χ0) is 13.5. The van der Waals surface area contributed by atoms with Crippen LogP contribution in [0.25, 0.3) is 0 Å². The van der Waals surface area contributed by atoms with Crippen molar-refractivity contribution >= 4 is 17.2 Å². The fraction of sp³-hybridized carbons (Fsp3) is 0.643. The van der Waals surface area contributed by atoms with Crippen LogP contribution in [-0.2, 0) is 4.79 Å². The first-order valence-corrected chi connectivity index (χ1v) is 7.45. The number of nitrogens with one attached hydrogen (secondary N) is 1. The van der Waals surface area contributed by atoms with Crippen LogP contribution in [0.3, 0.4) is 0 Å². The molecule has 0 aromatic carbocycles. The van der Waals surface area contributed by atoms with E-state index in [0.717, 1.165) is 6.42 Å². The number of hydrogen-bond acceptors (Lipinski definition) is 3. The predicted octanol–water partition coefficient (Wildman–Crippen LogP) is 2.94. The Morgan fingerprint density at radius 1 is 1.44 bits per heavy atom. The van der Waals surface area contributed by atoms with E-state index >= 15 is 0 Å². The molecule has 4 heteroatoms. The van der Waals surface area contributed by atoms with Gasteiger partial charge in [-0.05, 0) is 36.2 Å². The molecule has 18 heavy (non-hydrogen) atoms. The predicted molar refractivity (Wildman–Crippen MR) is 77.5 cm³/mol. The van der Waals surface area contributed by atoms with Gasteiger partial charge in [0, 0.05) is 11.3 Å². The standard InChI is InChI=1S/C14H24N2OS/c1-10(2)14(12-5-4-8-18-12)16-13(17)7-6-11(3)9-15/h4-5,8,10-11,14H,6-7,9,15H2,1-3H3,(H,16,17). The Kier molecular flexibility index (Phi) is 6.36. The monoisotopic (exact) mass is 268 g/mol. The van der Waals surface area contributed by atoms with Crippen molar-refractivity contribution in [1.82, 2.24) is 5.32 Å². The van der Waals surface area contributed by atoms with Gasteiger partial charge in [0.05, 0.1) is 6.04 Å². The summed E-state index contributed by atoms with van der Waals surface area (Å²) in [5.74, 6) is 0.942. The van der Waals surface area contributed by atoms with Crippen LogP contribution in [0.4, 0.5) is 0 Å². The van der Waals surface area contributed by atoms with Gasteiger partial charge in [0.25, 0.3) is 0 Å². The van der Waals surface area contributed by atoms with Gasteiger partial charge in [-0.15, -0.1) is 11.3 Å². The van der Waals surface area contributed by atoms with E-state index in [1.807, 2.05) is 11.4 Å². The van der Waals surface area contributed by atoms with Gasteiger partial charge in [-0.1, -0.05) is 26.8 Å². The van der Waals surface area contributed by atoms with Crippen molar-refractivity contribution in [3.05, 3.63) is 22.4 Å². The van der Waals surface area contributed by atoms with Crippen LogP contribution in [0.2, 0.25) is 0 Å². The molecule has 0 aliphatic rings. The molecule has 1 heterocycles. The third-order valence-electron chi connectivity index (χ3n) is 3.10. The fourth-order valence-corrected chi connectivity index (χ4v) is 2.72. The van der Waals surface area contributed by atoms with Crippen LogP contribution >= 0.6 is 11.3 Å². The first kappa shape index (κ1) is 15.2. The summed E-state index contributed by atoms with van der Waals surface area (Å²) in [6.07, 6.45) is 1.42. The molecule has 2 unspecified atom stereocenters. The Balaban J connectivity index is 2.49. The van der Waals surface area contributed by atoms with Crippen LogP contribution in [-0.4, -0.2) is 12.5 Å². The van der Waals surface area contributed by atoms with Crippen LogP contribution in [0.5, 0.6) is 0 Å². The molecule has 0 saturated heterocycles. The molecular weight excluding hydrogens is 244 g/mol. The minimum absolute atomic E-state index is 0.127. The van der Waals surface area contributed by atoms with E-state index in [1.54, 1.807) is 11.3 Å². The highest BCUT2D eigenvalue weighted by molar-refractivity contribution is 7.10. The summed E-state index contributed by atoms with van der Waals surface area (Å²) in [6, 6.07) is 4.24. The van der Waals surface area contributed by atoms with Crippen molar-refractivity contribution in [3.8, 4) is 0 Å². The smallest absolute Gasteiger partial charge is 0.220 e. The Morgan fingerprint density at radius 2 is 2.17 bits per heavy atom. The molecule has 3 N–H and O–H groups in total. The molecule has 0 aliphatic carbocycles. The van der Waals surface area contributed by atoms with E-state index in [1.165, 1.54) is 4.88 Å². The molecule has 102 valence electrons. The largest absolute Gasteiger partial charge is 0.348 e. The molecule has 0 radical (unpaired) electrons. The summed E-state index contributed by atoms with van der Waals surface area (Å²) in [7, 11) is 0. The average molecular weight is 268 g/mol. The molecule has 2 atom stereocenters. The summed E-state index contributed by atoms with van der Waals surface area (Å²) in [4.78, 5) is 13.2. The second kappa shape index (κ2) is 7.54. The van der Waals surface area contributed by atoms with Crippen LogP contribution in [0.15, 0.2) is 17.5 Å². The number of amides is 1. The van der Waals surface area contributed by atoms with E-state index in [2.05, 4.69) is 32.2 Å². The minimum Gasteiger partial charge on any atom is -0.348 e. The maximum atomic E-state index is 11.9. The minimum atomic E-state index is 0.127. The Labute approximate surface area is 114 Å². The van der Waals surface area contributed by atoms with Crippen molar-refractivity contribution in [2.24, 2.45) is 17.6 Å². The zero-order valence-corrected chi connectivity index (χ0v) is 12.3. The van der Waals surface area contributed by atoms with E-state index in [0.29, 0.717) is 24.8 Å². The first-order chi connectivity index (χ1) is 8.54. The van der Waals surface area contributed by atoms with Crippen molar-refractivity contribution in [1.29, 1.82) is 0 Å². The third kappa shape index (κ3) is 4.78. The van der Waals surface area contributed by atoms with Crippen LogP contribution in [0, 0.1) is 11.8 Å². The highest BCUT2D eigenvalue weighted by Gasteiger charge is 2.19. The lowest BCUT2D eigenvalue weighted by molar-refractivity contribution is -0.122. The highest BCUT2D eigenvalue weighted by atomic mass is 32.1. The molecule has 1 amide bonds. The van der Waals surface area contributed by atoms with Gasteiger partial charge in [0.15, 0.2) is 0 Å². The maximum Gasteiger partial charge on any atom is 0.220 e. The van der Waals surface area contributed by atoms with Crippen LogP contribution in [0.1, 0.15) is 44.5 Å². The Bertz CT molecular complexity index is 349. The molecular formula is C14H24N2OS. The highest BCUT2D eigenvalue weighted by Crippen LogP contribution is 2.25.